The third-order valence-electron chi connectivity index (χ3n) is 3.86. The van der Waals surface area contributed by atoms with E-state index in [-0.39, 0.29) is 0 Å². The van der Waals surface area contributed by atoms with Crippen LogP contribution in [-0.2, 0) is 11.2 Å². The van der Waals surface area contributed by atoms with E-state index in [1.807, 2.05) is 39.1 Å². The molecule has 0 aliphatic heterocycles. The van der Waals surface area contributed by atoms with Gasteiger partial charge < -0.3 is 10.0 Å². The van der Waals surface area contributed by atoms with Gasteiger partial charge in [0.2, 0.25) is 0 Å². The lowest BCUT2D eigenvalue weighted by Gasteiger charge is -2.31. The van der Waals surface area contributed by atoms with Crippen LogP contribution < -0.4 is 0 Å². The molecule has 0 aliphatic rings. The number of aliphatic carboxylic acids is 1. The van der Waals surface area contributed by atoms with E-state index >= 15 is 0 Å². The van der Waals surface area contributed by atoms with Crippen LogP contribution in [0.5, 0.6) is 0 Å². The monoisotopic (exact) mass is 264 g/mol. The molecule has 0 bridgehead atoms. The van der Waals surface area contributed by atoms with Crippen molar-refractivity contribution in [1.29, 1.82) is 0 Å². The predicted octanol–water partition coefficient (Wildman–Crippen LogP) is 2.45. The molecule has 0 aromatic carbocycles. The van der Waals surface area contributed by atoms with Crippen LogP contribution in [0.15, 0.2) is 24.4 Å². The summed E-state index contributed by atoms with van der Waals surface area (Å²) in [6.07, 6.45) is 3.95. The van der Waals surface area contributed by atoms with Crippen molar-refractivity contribution in [3.8, 4) is 0 Å². The summed E-state index contributed by atoms with van der Waals surface area (Å²) in [5.41, 5.74) is 0.419. The van der Waals surface area contributed by atoms with Crippen LogP contribution >= 0.6 is 0 Å². The van der Waals surface area contributed by atoms with Crippen LogP contribution in [0.2, 0.25) is 0 Å². The van der Waals surface area contributed by atoms with Crippen LogP contribution in [-0.4, -0.2) is 41.1 Å². The molecular formula is C15H24N2O2. The molecular weight excluding hydrogens is 240 g/mol. The average molecular weight is 264 g/mol. The quantitative estimate of drug-likeness (QED) is 0.783. The van der Waals surface area contributed by atoms with Crippen molar-refractivity contribution in [2.24, 2.45) is 5.41 Å². The molecule has 0 atom stereocenters. The summed E-state index contributed by atoms with van der Waals surface area (Å²) in [7, 11) is 1.98. The van der Waals surface area contributed by atoms with Crippen LogP contribution in [0.25, 0.3) is 0 Å². The Kier molecular flexibility index (Phi) is 5.96. The summed E-state index contributed by atoms with van der Waals surface area (Å²) < 4.78 is 0. The van der Waals surface area contributed by atoms with Gasteiger partial charge in [0.05, 0.1) is 5.41 Å². The second-order valence-corrected chi connectivity index (χ2v) is 5.10. The highest BCUT2D eigenvalue weighted by molar-refractivity contribution is 5.74. The van der Waals surface area contributed by atoms with Crippen LogP contribution in [0.4, 0.5) is 0 Å². The molecule has 1 aromatic heterocycles. The van der Waals surface area contributed by atoms with Gasteiger partial charge >= 0.3 is 5.97 Å². The Balaban J connectivity index is 2.54. The van der Waals surface area contributed by atoms with E-state index in [9.17, 15) is 9.90 Å². The number of rotatable bonds is 8. The van der Waals surface area contributed by atoms with Gasteiger partial charge in [0, 0.05) is 31.4 Å². The third-order valence-corrected chi connectivity index (χ3v) is 3.86. The van der Waals surface area contributed by atoms with Gasteiger partial charge in [0.25, 0.3) is 0 Å². The first-order chi connectivity index (χ1) is 9.04. The lowest BCUT2D eigenvalue weighted by Crippen LogP contribution is -2.41. The molecule has 1 N–H and O–H groups in total. The number of likely N-dealkylation sites (N-methyl/N-ethyl adjacent to an activating group) is 1. The zero-order chi connectivity index (χ0) is 14.3. The summed E-state index contributed by atoms with van der Waals surface area (Å²) in [6, 6.07) is 5.87. The zero-order valence-electron chi connectivity index (χ0n) is 12.1. The fourth-order valence-corrected chi connectivity index (χ4v) is 2.29. The van der Waals surface area contributed by atoms with Crippen LogP contribution in [0.1, 0.15) is 32.4 Å². The predicted molar refractivity (Wildman–Crippen MR) is 76.1 cm³/mol. The Hall–Kier alpha value is -1.42. The largest absolute Gasteiger partial charge is 0.481 e. The average Bonchev–Trinajstić information content (AvgIpc) is 2.43. The number of nitrogens with zero attached hydrogens (tertiary/aromatic N) is 2. The van der Waals surface area contributed by atoms with E-state index in [1.165, 1.54) is 0 Å². The molecule has 1 heterocycles. The van der Waals surface area contributed by atoms with Gasteiger partial charge in [-0.05, 0) is 32.0 Å². The zero-order valence-corrected chi connectivity index (χ0v) is 12.1. The lowest BCUT2D eigenvalue weighted by molar-refractivity contribution is -0.150. The number of hydrogen-bond acceptors (Lipinski definition) is 3. The normalized spacial score (nSPS) is 11.8. The second kappa shape index (κ2) is 7.24. The van der Waals surface area contributed by atoms with Gasteiger partial charge in [-0.25, -0.2) is 0 Å². The first kappa shape index (κ1) is 15.6. The highest BCUT2D eigenvalue weighted by Crippen LogP contribution is 2.27. The molecule has 1 aromatic rings. The van der Waals surface area contributed by atoms with Crippen molar-refractivity contribution < 1.29 is 9.90 Å². The standard InChI is InChI=1S/C15H24N2O2/c1-4-15(5-2,14(18)19)12-17(3)11-9-13-8-6-7-10-16-13/h6-8,10H,4-5,9,11-12H2,1-3H3,(H,18,19). The van der Waals surface area contributed by atoms with E-state index < -0.39 is 11.4 Å². The molecule has 0 fully saturated rings. The van der Waals surface area contributed by atoms with E-state index in [2.05, 4.69) is 9.88 Å². The molecule has 19 heavy (non-hydrogen) atoms. The highest BCUT2D eigenvalue weighted by Gasteiger charge is 2.35. The summed E-state index contributed by atoms with van der Waals surface area (Å²) in [5.74, 6) is -0.692. The fourth-order valence-electron chi connectivity index (χ4n) is 2.29. The Morgan fingerprint density at radius 3 is 2.53 bits per heavy atom. The molecule has 0 unspecified atom stereocenters. The molecule has 1 rings (SSSR count). The number of pyridine rings is 1. The smallest absolute Gasteiger partial charge is 0.310 e. The number of hydrogen-bond donors (Lipinski definition) is 1. The fraction of sp³-hybridized carbons (Fsp3) is 0.600. The molecule has 0 spiro atoms. The summed E-state index contributed by atoms with van der Waals surface area (Å²) in [5, 5.41) is 9.42. The van der Waals surface area contributed by atoms with Crippen LogP contribution in [0, 0.1) is 5.41 Å². The van der Waals surface area contributed by atoms with Crippen molar-refractivity contribution in [3.63, 3.8) is 0 Å². The molecule has 106 valence electrons. The minimum absolute atomic E-state index is 0.585. The number of carbonyl (C=O) groups is 1. The number of carboxylic acids is 1. The first-order valence-electron chi connectivity index (χ1n) is 6.86. The maximum atomic E-state index is 11.5. The summed E-state index contributed by atoms with van der Waals surface area (Å²) >= 11 is 0. The molecule has 4 heteroatoms. The minimum atomic E-state index is -0.692. The van der Waals surface area contributed by atoms with E-state index in [4.69, 9.17) is 0 Å². The maximum Gasteiger partial charge on any atom is 0.310 e. The van der Waals surface area contributed by atoms with Crippen molar-refractivity contribution in [2.45, 2.75) is 33.1 Å². The Morgan fingerprint density at radius 2 is 2.05 bits per heavy atom. The Morgan fingerprint density at radius 1 is 1.37 bits per heavy atom. The number of aromatic nitrogens is 1. The molecule has 0 amide bonds. The van der Waals surface area contributed by atoms with E-state index in [0.717, 1.165) is 18.7 Å². The highest BCUT2D eigenvalue weighted by atomic mass is 16.4. The Labute approximate surface area is 115 Å². The van der Waals surface area contributed by atoms with Gasteiger partial charge in [0.1, 0.15) is 0 Å². The van der Waals surface area contributed by atoms with Gasteiger partial charge in [-0.2, -0.15) is 0 Å². The molecule has 4 nitrogen and oxygen atoms in total. The molecule has 0 saturated heterocycles. The van der Waals surface area contributed by atoms with Crippen molar-refractivity contribution in [3.05, 3.63) is 30.1 Å². The van der Waals surface area contributed by atoms with Gasteiger partial charge in [-0.15, -0.1) is 0 Å². The second-order valence-electron chi connectivity index (χ2n) is 5.10. The molecule has 0 saturated carbocycles. The summed E-state index contributed by atoms with van der Waals surface area (Å²) in [6.45, 7) is 5.31. The molecule has 0 aliphatic carbocycles. The van der Waals surface area contributed by atoms with Crippen LogP contribution in [0.3, 0.4) is 0 Å². The van der Waals surface area contributed by atoms with Gasteiger partial charge in [-0.3, -0.25) is 9.78 Å². The minimum Gasteiger partial charge on any atom is -0.481 e. The van der Waals surface area contributed by atoms with Crippen molar-refractivity contribution >= 4 is 5.97 Å². The first-order valence-corrected chi connectivity index (χ1v) is 6.86. The van der Waals surface area contributed by atoms with Gasteiger partial charge in [0.15, 0.2) is 0 Å². The lowest BCUT2D eigenvalue weighted by atomic mass is 9.82. The third kappa shape index (κ3) is 4.31. The SMILES string of the molecule is CCC(CC)(CN(C)CCc1ccccn1)C(=O)O. The summed E-state index contributed by atoms with van der Waals surface area (Å²) in [4.78, 5) is 17.8. The van der Waals surface area contributed by atoms with Crippen molar-refractivity contribution in [2.75, 3.05) is 20.1 Å². The van der Waals surface area contributed by atoms with Crippen molar-refractivity contribution in [1.82, 2.24) is 9.88 Å². The van der Waals surface area contributed by atoms with Gasteiger partial charge in [-0.1, -0.05) is 19.9 Å². The Bertz CT molecular complexity index is 388. The van der Waals surface area contributed by atoms with E-state index in [0.29, 0.717) is 19.4 Å². The molecule has 0 radical (unpaired) electrons. The van der Waals surface area contributed by atoms with E-state index in [1.54, 1.807) is 6.20 Å². The number of carboxylic acid groups (broad SMARTS) is 1. The topological polar surface area (TPSA) is 53.4 Å². The maximum absolute atomic E-state index is 11.5.